The summed E-state index contributed by atoms with van der Waals surface area (Å²) in [6.45, 7) is -0.454. The van der Waals surface area contributed by atoms with Gasteiger partial charge in [-0.05, 0) is 24.8 Å². The van der Waals surface area contributed by atoms with Gasteiger partial charge in [-0.3, -0.25) is 4.79 Å². The molecule has 0 aliphatic rings. The molecule has 0 saturated heterocycles. The largest absolute Gasteiger partial charge is 1.00 e. The molecule has 10 heteroatoms. The van der Waals surface area contributed by atoms with Crippen LogP contribution in [-0.2, 0) is 25.0 Å². The number of carbonyl (C=O) groups excluding carboxylic acids is 1. The molecule has 29 heavy (non-hydrogen) atoms. The van der Waals surface area contributed by atoms with E-state index in [-0.39, 0.29) is 70.9 Å². The molecule has 6 nitrogen and oxygen atoms in total. The number of carbonyl (C=O) groups is 1. The first-order valence-electron chi connectivity index (χ1n) is 9.36. The Labute approximate surface area is 226 Å². The minimum atomic E-state index is -5.05. The van der Waals surface area contributed by atoms with E-state index < -0.39 is 26.5 Å². The van der Waals surface area contributed by atoms with Crippen molar-refractivity contribution in [2.45, 2.75) is 63.9 Å². The summed E-state index contributed by atoms with van der Waals surface area (Å²) in [6.07, 6.45) is 8.18. The smallest absolute Gasteiger partial charge is 0.790 e. The number of benzene rings is 1. The number of rotatable bonds is 15. The molecule has 0 radical (unpaired) electrons. The van der Waals surface area contributed by atoms with E-state index in [4.69, 9.17) is 4.74 Å². The second-order valence-electron chi connectivity index (χ2n) is 6.47. The molecule has 0 bridgehead atoms. The second kappa shape index (κ2) is 19.9. The first kappa shape index (κ1) is 32.5. The first-order chi connectivity index (χ1) is 12.9. The molecule has 1 rings (SSSR count). The van der Waals surface area contributed by atoms with E-state index in [1.807, 2.05) is 6.07 Å². The second-order valence-corrected chi connectivity index (χ2v) is 8.27. The maximum absolute atomic E-state index is 11.7. The van der Waals surface area contributed by atoms with E-state index in [9.17, 15) is 19.1 Å². The molecule has 0 aliphatic carbocycles. The van der Waals surface area contributed by atoms with Crippen molar-refractivity contribution in [2.24, 2.45) is 0 Å². The summed E-state index contributed by atoms with van der Waals surface area (Å²) in [6, 6.07) is 10.5. The van der Waals surface area contributed by atoms with Gasteiger partial charge in [0.1, 0.15) is 6.10 Å². The van der Waals surface area contributed by atoms with Crippen LogP contribution in [0.4, 0.5) is 0 Å². The van der Waals surface area contributed by atoms with Gasteiger partial charge in [0.25, 0.3) is 0 Å². The summed E-state index contributed by atoms with van der Waals surface area (Å²) in [4.78, 5) is 32.6. The van der Waals surface area contributed by atoms with Crippen LogP contribution in [0.15, 0.2) is 30.3 Å². The molecule has 1 atom stereocenters. The fourth-order valence-corrected chi connectivity index (χ4v) is 3.32. The average molecular weight is 509 g/mol. The maximum atomic E-state index is 11.7. The molecule has 0 saturated carbocycles. The Kier molecular flexibility index (Phi) is 22.3. The number of phosphoric ester groups is 1. The summed E-state index contributed by atoms with van der Waals surface area (Å²) in [7, 11) is -5.05. The van der Waals surface area contributed by atoms with E-state index in [1.54, 1.807) is 0 Å². The van der Waals surface area contributed by atoms with Crippen molar-refractivity contribution in [3.05, 3.63) is 35.9 Å². The van der Waals surface area contributed by atoms with Gasteiger partial charge in [-0.2, -0.15) is 0 Å². The number of phosphoric acid groups is 1. The summed E-state index contributed by atoms with van der Waals surface area (Å²) < 4.78 is 19.7. The Bertz CT molecular complexity index is 573. The third-order valence-electron chi connectivity index (χ3n) is 4.08. The van der Waals surface area contributed by atoms with Gasteiger partial charge in [-0.15, -0.1) is 0 Å². The van der Waals surface area contributed by atoms with E-state index in [1.165, 1.54) is 24.8 Å². The van der Waals surface area contributed by atoms with E-state index in [2.05, 4.69) is 44.7 Å². The predicted octanol–water partition coefficient (Wildman–Crippen LogP) is -2.49. The number of halogens is 1. The van der Waals surface area contributed by atoms with Crippen LogP contribution in [0.25, 0.3) is 0 Å². The molecule has 0 aliphatic heterocycles. The van der Waals surface area contributed by atoms with Crippen LogP contribution >= 0.6 is 23.8 Å². The van der Waals surface area contributed by atoms with Gasteiger partial charge in [-0.25, -0.2) is 0 Å². The SMILES string of the molecule is O=C(CCCCCCCCCc1ccccc1)O[C@H](CBr)COP(=O)([O-])[O-].[Na+].[Na+]. The summed E-state index contributed by atoms with van der Waals surface area (Å²) in [5.41, 5.74) is 1.39. The molecule has 0 aromatic heterocycles. The average Bonchev–Trinajstić information content (AvgIpc) is 2.63. The maximum Gasteiger partial charge on any atom is 1.00 e. The van der Waals surface area contributed by atoms with Crippen LogP contribution < -0.4 is 68.9 Å². The number of ether oxygens (including phenoxy) is 1. The van der Waals surface area contributed by atoms with Gasteiger partial charge >= 0.3 is 65.1 Å². The van der Waals surface area contributed by atoms with Crippen molar-refractivity contribution in [2.75, 3.05) is 11.9 Å². The Morgan fingerprint density at radius 2 is 1.52 bits per heavy atom. The number of alkyl halides is 1. The molecule has 1 aromatic carbocycles. The van der Waals surface area contributed by atoms with Crippen molar-refractivity contribution in [3.8, 4) is 0 Å². The molecule has 0 fully saturated rings. The zero-order chi connectivity index (χ0) is 20.0. The molecule has 154 valence electrons. The van der Waals surface area contributed by atoms with Crippen molar-refractivity contribution in [1.29, 1.82) is 0 Å². The third kappa shape index (κ3) is 19.7. The van der Waals surface area contributed by atoms with Crippen molar-refractivity contribution >= 4 is 29.7 Å². The van der Waals surface area contributed by atoms with Crippen molar-refractivity contribution in [1.82, 2.24) is 0 Å². The fraction of sp³-hybridized carbons (Fsp3) is 0.632. The molecule has 0 unspecified atom stereocenters. The normalized spacial score (nSPS) is 11.8. The molecule has 0 spiro atoms. The van der Waals surface area contributed by atoms with Crippen LogP contribution in [0.3, 0.4) is 0 Å². The van der Waals surface area contributed by atoms with Crippen LogP contribution in [0.1, 0.15) is 56.9 Å². The molecule has 0 amide bonds. The van der Waals surface area contributed by atoms with E-state index in [0.29, 0.717) is 0 Å². The van der Waals surface area contributed by atoms with E-state index >= 15 is 0 Å². The Morgan fingerprint density at radius 1 is 0.966 bits per heavy atom. The fourth-order valence-electron chi connectivity index (χ4n) is 2.66. The molecular formula is C19H28BrNa2O6P. The topological polar surface area (TPSA) is 98.7 Å². The summed E-state index contributed by atoms with van der Waals surface area (Å²) >= 11 is 3.10. The standard InChI is InChI=1S/C19H30BrO6P.2Na/c20-15-18(16-25-27(22,23)24)26-19(21)14-10-5-3-1-2-4-7-11-17-12-8-6-9-13-17;;/h6,8-9,12-13,18H,1-5,7,10-11,14-16H2,(H2,22,23,24);;/q;2*+1/p-2/t18-;;/m1../s1. The monoisotopic (exact) mass is 508 g/mol. The molecular weight excluding hydrogens is 481 g/mol. The minimum absolute atomic E-state index is 0. The van der Waals surface area contributed by atoms with Gasteiger partial charge < -0.3 is 23.6 Å². The third-order valence-corrected chi connectivity index (χ3v) is 5.27. The Hall–Kier alpha value is 1.28. The van der Waals surface area contributed by atoms with E-state index in [0.717, 1.165) is 32.1 Å². The van der Waals surface area contributed by atoms with Crippen molar-refractivity contribution < 1.29 is 87.5 Å². The molecule has 1 aromatic rings. The van der Waals surface area contributed by atoms with Crippen LogP contribution in [0.2, 0.25) is 0 Å². The van der Waals surface area contributed by atoms with Crippen molar-refractivity contribution in [3.63, 3.8) is 0 Å². The Morgan fingerprint density at radius 3 is 2.07 bits per heavy atom. The predicted molar refractivity (Wildman–Crippen MR) is 104 cm³/mol. The van der Waals surface area contributed by atoms with Crippen LogP contribution in [-0.4, -0.2) is 24.0 Å². The number of aryl methyl sites for hydroxylation is 1. The van der Waals surface area contributed by atoms with Crippen LogP contribution in [0.5, 0.6) is 0 Å². The Balaban J connectivity index is 0. The minimum Gasteiger partial charge on any atom is -0.790 e. The zero-order valence-electron chi connectivity index (χ0n) is 17.5. The van der Waals surface area contributed by atoms with Gasteiger partial charge in [0.2, 0.25) is 0 Å². The van der Waals surface area contributed by atoms with Crippen LogP contribution in [0, 0.1) is 0 Å². The quantitative estimate of drug-likeness (QED) is 0.0854. The number of esters is 1. The number of hydrogen-bond acceptors (Lipinski definition) is 6. The summed E-state index contributed by atoms with van der Waals surface area (Å²) in [5, 5.41) is 0.210. The first-order valence-corrected chi connectivity index (χ1v) is 11.9. The zero-order valence-corrected chi connectivity index (χ0v) is 24.0. The van der Waals surface area contributed by atoms with Gasteiger partial charge in [0.05, 0.1) is 14.4 Å². The summed E-state index contributed by atoms with van der Waals surface area (Å²) in [5.74, 6) is -0.405. The number of hydrogen-bond donors (Lipinski definition) is 0. The number of unbranched alkanes of at least 4 members (excludes halogenated alkanes) is 6. The van der Waals surface area contributed by atoms with Gasteiger partial charge in [0, 0.05) is 11.8 Å². The van der Waals surface area contributed by atoms with Gasteiger partial charge in [-0.1, -0.05) is 78.4 Å². The van der Waals surface area contributed by atoms with Gasteiger partial charge in [0.15, 0.2) is 0 Å². The molecule has 0 heterocycles. The molecule has 0 N–H and O–H groups in total.